The summed E-state index contributed by atoms with van der Waals surface area (Å²) in [5, 5.41) is 12.7. The Morgan fingerprint density at radius 2 is 2.26 bits per heavy atom. The monoisotopic (exact) mass is 382 g/mol. The van der Waals surface area contributed by atoms with Gasteiger partial charge in [0.2, 0.25) is 0 Å². The molecule has 1 unspecified atom stereocenters. The summed E-state index contributed by atoms with van der Waals surface area (Å²) < 4.78 is 5.57. The molecule has 140 valence electrons. The molecule has 1 fully saturated rings. The first-order valence-corrected chi connectivity index (χ1v) is 9.99. The average molecular weight is 382 g/mol. The highest BCUT2D eigenvalue weighted by atomic mass is 32.1. The summed E-state index contributed by atoms with van der Waals surface area (Å²) in [4.78, 5) is 16.0. The maximum absolute atomic E-state index is 12.7. The minimum Gasteiger partial charge on any atom is -0.493 e. The van der Waals surface area contributed by atoms with Crippen molar-refractivity contribution in [1.29, 1.82) is 0 Å². The number of benzene rings is 1. The molecular formula is C20H22N4O2S. The van der Waals surface area contributed by atoms with Crippen molar-refractivity contribution < 1.29 is 9.53 Å². The van der Waals surface area contributed by atoms with Crippen molar-refractivity contribution in [3.05, 3.63) is 53.4 Å². The van der Waals surface area contributed by atoms with Gasteiger partial charge in [0.05, 0.1) is 22.7 Å². The highest BCUT2D eigenvalue weighted by Gasteiger charge is 2.26. The van der Waals surface area contributed by atoms with E-state index in [1.165, 1.54) is 4.88 Å². The van der Waals surface area contributed by atoms with Gasteiger partial charge in [-0.25, -0.2) is 0 Å². The fraction of sp³-hybridized carbons (Fsp3) is 0.300. The molecule has 27 heavy (non-hydrogen) atoms. The first-order chi connectivity index (χ1) is 13.2. The zero-order valence-corrected chi connectivity index (χ0v) is 16.0. The molecule has 0 radical (unpaired) electrons. The molecular weight excluding hydrogens is 360 g/mol. The lowest BCUT2D eigenvalue weighted by Gasteiger charge is -2.17. The number of carbonyl (C=O) groups is 1. The molecule has 1 atom stereocenters. The molecule has 6 nitrogen and oxygen atoms in total. The molecule has 4 rings (SSSR count). The van der Waals surface area contributed by atoms with Gasteiger partial charge in [0.25, 0.3) is 5.91 Å². The quantitative estimate of drug-likeness (QED) is 0.684. The maximum Gasteiger partial charge on any atom is 0.255 e. The minimum absolute atomic E-state index is 0.0906. The second-order valence-electron chi connectivity index (χ2n) is 6.45. The van der Waals surface area contributed by atoms with E-state index < -0.39 is 0 Å². The number of H-pyrrole nitrogens is 1. The van der Waals surface area contributed by atoms with Crippen molar-refractivity contribution in [3.8, 4) is 16.3 Å². The van der Waals surface area contributed by atoms with E-state index in [0.29, 0.717) is 17.9 Å². The van der Waals surface area contributed by atoms with Gasteiger partial charge in [-0.3, -0.25) is 9.89 Å². The summed E-state index contributed by atoms with van der Waals surface area (Å²) in [5.41, 5.74) is 1.61. The van der Waals surface area contributed by atoms with E-state index >= 15 is 0 Å². The number of anilines is 1. The number of nitrogens with zero attached hydrogens (tertiary/aromatic N) is 2. The molecule has 0 spiro atoms. The van der Waals surface area contributed by atoms with Gasteiger partial charge in [-0.05, 0) is 36.9 Å². The number of thiophene rings is 1. The Kier molecular flexibility index (Phi) is 5.11. The number of hydrogen-bond donors (Lipinski definition) is 2. The molecule has 0 saturated carbocycles. The highest BCUT2D eigenvalue weighted by molar-refractivity contribution is 7.13. The van der Waals surface area contributed by atoms with Gasteiger partial charge in [0, 0.05) is 25.2 Å². The van der Waals surface area contributed by atoms with Gasteiger partial charge < -0.3 is 15.0 Å². The molecule has 3 aromatic rings. The number of amides is 1. The van der Waals surface area contributed by atoms with E-state index in [1.54, 1.807) is 17.4 Å². The third kappa shape index (κ3) is 3.83. The van der Waals surface area contributed by atoms with Crippen molar-refractivity contribution in [2.75, 3.05) is 24.6 Å². The Labute approximate surface area is 162 Å². The van der Waals surface area contributed by atoms with E-state index in [4.69, 9.17) is 4.74 Å². The van der Waals surface area contributed by atoms with Crippen molar-refractivity contribution in [3.63, 3.8) is 0 Å². The molecule has 2 aromatic heterocycles. The van der Waals surface area contributed by atoms with Crippen molar-refractivity contribution in [2.45, 2.75) is 19.4 Å². The highest BCUT2D eigenvalue weighted by Crippen LogP contribution is 2.27. The molecule has 0 aliphatic carbocycles. The smallest absolute Gasteiger partial charge is 0.255 e. The van der Waals surface area contributed by atoms with Crippen LogP contribution in [0.25, 0.3) is 10.6 Å². The van der Waals surface area contributed by atoms with Crippen molar-refractivity contribution in [1.82, 2.24) is 15.5 Å². The molecule has 1 aliphatic heterocycles. The van der Waals surface area contributed by atoms with Crippen molar-refractivity contribution in [2.24, 2.45) is 0 Å². The van der Waals surface area contributed by atoms with Gasteiger partial charge in [0.1, 0.15) is 5.75 Å². The fourth-order valence-electron chi connectivity index (χ4n) is 3.32. The molecule has 3 heterocycles. The lowest BCUT2D eigenvalue weighted by atomic mass is 10.1. The van der Waals surface area contributed by atoms with Gasteiger partial charge >= 0.3 is 0 Å². The lowest BCUT2D eigenvalue weighted by molar-refractivity contribution is 0.0936. The number of nitrogens with one attached hydrogen (secondary N) is 2. The Morgan fingerprint density at radius 3 is 3.07 bits per heavy atom. The van der Waals surface area contributed by atoms with Crippen LogP contribution in [0.15, 0.2) is 47.8 Å². The Morgan fingerprint density at radius 1 is 1.37 bits per heavy atom. The largest absolute Gasteiger partial charge is 0.493 e. The van der Waals surface area contributed by atoms with E-state index in [-0.39, 0.29) is 11.9 Å². The lowest BCUT2D eigenvalue weighted by Crippen LogP contribution is -2.37. The summed E-state index contributed by atoms with van der Waals surface area (Å²) in [6, 6.07) is 13.6. The molecule has 1 aromatic carbocycles. The molecule has 1 amide bonds. The third-order valence-electron chi connectivity index (χ3n) is 4.63. The Balaban J connectivity index is 1.39. The number of aromatic nitrogens is 2. The van der Waals surface area contributed by atoms with Crippen LogP contribution in [0.4, 0.5) is 5.82 Å². The van der Waals surface area contributed by atoms with Gasteiger partial charge in [0.15, 0.2) is 5.82 Å². The van der Waals surface area contributed by atoms with Gasteiger partial charge in [-0.1, -0.05) is 18.2 Å². The normalized spacial score (nSPS) is 16.5. The SMILES string of the molecule is CCOc1ccccc1C(=O)NC1CCN(c2cc(-c3cccs3)[nH]n2)C1. The zero-order valence-electron chi connectivity index (χ0n) is 15.1. The predicted molar refractivity (Wildman–Crippen MR) is 108 cm³/mol. The summed E-state index contributed by atoms with van der Waals surface area (Å²) in [6.07, 6.45) is 0.893. The van der Waals surface area contributed by atoms with Gasteiger partial charge in [-0.15, -0.1) is 11.3 Å². The number of hydrogen-bond acceptors (Lipinski definition) is 5. The first-order valence-electron chi connectivity index (χ1n) is 9.11. The first kappa shape index (κ1) is 17.6. The average Bonchev–Trinajstić information content (AvgIpc) is 3.43. The third-order valence-corrected chi connectivity index (χ3v) is 5.53. The number of aromatic amines is 1. The summed E-state index contributed by atoms with van der Waals surface area (Å²) in [6.45, 7) is 4.06. The molecule has 0 bridgehead atoms. The van der Waals surface area contributed by atoms with E-state index in [9.17, 15) is 4.79 Å². The van der Waals surface area contributed by atoms with Crippen LogP contribution >= 0.6 is 11.3 Å². The van der Waals surface area contributed by atoms with Crippen LogP contribution in [-0.4, -0.2) is 41.8 Å². The van der Waals surface area contributed by atoms with E-state index in [0.717, 1.165) is 31.0 Å². The fourth-order valence-corrected chi connectivity index (χ4v) is 4.01. The second-order valence-corrected chi connectivity index (χ2v) is 7.40. The second kappa shape index (κ2) is 7.84. The summed E-state index contributed by atoms with van der Waals surface area (Å²) >= 11 is 1.69. The topological polar surface area (TPSA) is 70.2 Å². The van der Waals surface area contributed by atoms with Crippen LogP contribution in [-0.2, 0) is 0 Å². The van der Waals surface area contributed by atoms with E-state index in [1.807, 2.05) is 31.2 Å². The van der Waals surface area contributed by atoms with Crippen LogP contribution in [0.5, 0.6) is 5.75 Å². The van der Waals surface area contributed by atoms with Crippen LogP contribution in [0.3, 0.4) is 0 Å². The number of carbonyl (C=O) groups excluding carboxylic acids is 1. The Hall–Kier alpha value is -2.80. The Bertz CT molecular complexity index is 906. The predicted octanol–water partition coefficient (Wildman–Crippen LogP) is 3.55. The van der Waals surface area contributed by atoms with Crippen LogP contribution in [0, 0.1) is 0 Å². The summed E-state index contributed by atoms with van der Waals surface area (Å²) in [5.74, 6) is 1.46. The standard InChI is InChI=1S/C20H22N4O2S/c1-2-26-17-7-4-3-6-15(17)20(25)21-14-9-10-24(13-14)19-12-16(22-23-19)18-8-5-11-27-18/h3-8,11-12,14H,2,9-10,13H2,1H3,(H,21,25)(H,22,23). The maximum atomic E-state index is 12.7. The van der Waals surface area contributed by atoms with Crippen LogP contribution in [0.2, 0.25) is 0 Å². The summed E-state index contributed by atoms with van der Waals surface area (Å²) in [7, 11) is 0. The van der Waals surface area contributed by atoms with E-state index in [2.05, 4.69) is 37.9 Å². The van der Waals surface area contributed by atoms with Crippen LogP contribution in [0.1, 0.15) is 23.7 Å². The zero-order chi connectivity index (χ0) is 18.6. The molecule has 1 saturated heterocycles. The number of ether oxygens (including phenoxy) is 1. The molecule has 1 aliphatic rings. The van der Waals surface area contributed by atoms with Crippen molar-refractivity contribution >= 4 is 23.1 Å². The minimum atomic E-state index is -0.0906. The molecule has 7 heteroatoms. The molecule has 2 N–H and O–H groups in total. The van der Waals surface area contributed by atoms with Gasteiger partial charge in [-0.2, -0.15) is 5.10 Å². The van der Waals surface area contributed by atoms with Crippen LogP contribution < -0.4 is 15.0 Å². The number of para-hydroxylation sites is 1. The number of rotatable bonds is 6.